The summed E-state index contributed by atoms with van der Waals surface area (Å²) in [5, 5.41) is 0. The van der Waals surface area contributed by atoms with Crippen LogP contribution in [0, 0.1) is 12.3 Å². The van der Waals surface area contributed by atoms with Gasteiger partial charge in [0.1, 0.15) is 0 Å². The van der Waals surface area contributed by atoms with E-state index in [0.717, 1.165) is 0 Å². The minimum absolute atomic E-state index is 0.0417. The molecule has 31 valence electrons. The molecule has 0 unspecified atom stereocenters. The van der Waals surface area contributed by atoms with Crippen LogP contribution in [0.4, 0.5) is 0 Å². The summed E-state index contributed by atoms with van der Waals surface area (Å²) in [7, 11) is 0. The molecular formula is C3H3Br2Mg. The highest BCUT2D eigenvalue weighted by Crippen LogP contribution is 1.77. The molecule has 0 heterocycles. The Labute approximate surface area is 60.5 Å². The molecule has 0 aromatic heterocycles. The number of rotatable bonds is 0. The molecule has 0 saturated carbocycles. The number of halogens is 2. The lowest BCUT2D eigenvalue weighted by Crippen LogP contribution is -1.31. The summed E-state index contributed by atoms with van der Waals surface area (Å²) in [6, 6.07) is 0. The van der Waals surface area contributed by atoms with E-state index in [1.165, 1.54) is 0 Å². The molecule has 0 aliphatic rings. The Morgan fingerprint density at radius 3 is 1.67 bits per heavy atom. The topological polar surface area (TPSA) is 0 Å². The highest BCUT2D eigenvalue weighted by molar-refractivity contribution is 9.47. The van der Waals surface area contributed by atoms with E-state index in [-0.39, 0.29) is 16.0 Å². The Morgan fingerprint density at radius 2 is 1.67 bits per heavy atom. The second kappa shape index (κ2) is 16.3. The number of hydrogen-bond acceptors (Lipinski definition) is 0. The van der Waals surface area contributed by atoms with Crippen LogP contribution in [0.1, 0.15) is 6.92 Å². The van der Waals surface area contributed by atoms with Gasteiger partial charge >= 0.3 is 16.0 Å². The highest BCUT2D eigenvalue weighted by Gasteiger charge is 1.62. The molecule has 3 heteroatoms. The summed E-state index contributed by atoms with van der Waals surface area (Å²) in [6.45, 7) is 1.54. The van der Waals surface area contributed by atoms with Gasteiger partial charge in [-0.3, -0.25) is 25.8 Å². The molecule has 6 heavy (non-hydrogen) atoms. The summed E-state index contributed by atoms with van der Waals surface area (Å²) in [5.41, 5.74) is 0. The molecule has 0 bridgehead atoms. The summed E-state index contributed by atoms with van der Waals surface area (Å²) >= 11 is 6.44. The van der Waals surface area contributed by atoms with E-state index >= 15 is 0 Å². The van der Waals surface area contributed by atoms with Crippen LogP contribution >= 0.6 is 25.8 Å². The van der Waals surface area contributed by atoms with Crippen molar-refractivity contribution in [3.8, 4) is 5.92 Å². The van der Waals surface area contributed by atoms with Crippen LogP contribution in [-0.2, 0) is 0 Å². The predicted molar refractivity (Wildman–Crippen MR) is 36.4 cm³/mol. The quantitative estimate of drug-likeness (QED) is 0.434. The third-order valence-corrected chi connectivity index (χ3v) is 0. The Kier molecular flexibility index (Phi) is 27.9. The second-order valence-corrected chi connectivity index (χ2v) is 8.43. The van der Waals surface area contributed by atoms with Gasteiger partial charge in [-0.05, 0) is 13.3 Å². The highest BCUT2D eigenvalue weighted by atomic mass is 79.9. The van der Waals surface area contributed by atoms with Crippen LogP contribution < -0.4 is 0 Å². The maximum atomic E-state index is 5.96. The predicted octanol–water partition coefficient (Wildman–Crippen LogP) is 1.91. The molecule has 0 amide bonds. The molecule has 0 N–H and O–H groups in total. The van der Waals surface area contributed by atoms with Gasteiger partial charge in [-0.15, -0.1) is 0 Å². The second-order valence-electron chi connectivity index (χ2n) is 0.351. The van der Waals surface area contributed by atoms with Crippen molar-refractivity contribution < 1.29 is 0 Å². The molecule has 0 aromatic carbocycles. The van der Waals surface area contributed by atoms with Gasteiger partial charge in [-0.1, -0.05) is 5.92 Å². The monoisotopic (exact) mass is 221 g/mol. The summed E-state index contributed by atoms with van der Waals surface area (Å²) in [4.78, 5) is 0. The van der Waals surface area contributed by atoms with Gasteiger partial charge < -0.3 is 0 Å². The van der Waals surface area contributed by atoms with Crippen molar-refractivity contribution in [1.82, 2.24) is 0 Å². The van der Waals surface area contributed by atoms with E-state index in [0.29, 0.717) is 0 Å². The van der Waals surface area contributed by atoms with E-state index in [1.807, 2.05) is 5.92 Å². The van der Waals surface area contributed by atoms with Gasteiger partial charge in [0.25, 0.3) is 0 Å². The Balaban J connectivity index is 0. The zero-order valence-electron chi connectivity index (χ0n) is 3.46. The lowest BCUT2D eigenvalue weighted by Gasteiger charge is -1.33. The van der Waals surface area contributed by atoms with E-state index in [2.05, 4.69) is 25.8 Å². The smallest absolute Gasteiger partial charge is 0.280 e. The fraction of sp³-hybridized carbons (Fsp3) is 0.333. The molecule has 0 atom stereocenters. The minimum Gasteiger partial charge on any atom is -0.280 e. The fourth-order valence-electron chi connectivity index (χ4n) is 0. The van der Waals surface area contributed by atoms with E-state index < -0.39 is 0 Å². The number of hydrogen-bond donors (Lipinski definition) is 0. The van der Waals surface area contributed by atoms with Gasteiger partial charge in [0.15, 0.2) is 0 Å². The summed E-state index contributed by atoms with van der Waals surface area (Å²) < 4.78 is 0. The third-order valence-electron chi connectivity index (χ3n) is 0. The van der Waals surface area contributed by atoms with E-state index in [9.17, 15) is 0 Å². The summed E-state index contributed by atoms with van der Waals surface area (Å²) in [5.74, 6) is 2.00. The molecule has 0 aliphatic carbocycles. The van der Waals surface area contributed by atoms with Crippen LogP contribution in [0.5, 0.6) is 0 Å². The Bertz CT molecular complexity index is 38.5. The molecule has 0 aromatic rings. The first-order valence-corrected chi connectivity index (χ1v) is 9.08. The molecule has 1 radical (unpaired) electrons. The van der Waals surface area contributed by atoms with Crippen molar-refractivity contribution in [2.24, 2.45) is 0 Å². The lowest BCUT2D eigenvalue weighted by atomic mass is 10.9. The Hall–Kier alpha value is 1.29. The van der Waals surface area contributed by atoms with Crippen LogP contribution in [0.15, 0.2) is 0 Å². The maximum absolute atomic E-state index is 5.96. The van der Waals surface area contributed by atoms with Gasteiger partial charge in [0.05, 0.1) is 0 Å². The van der Waals surface area contributed by atoms with Crippen molar-refractivity contribution in [3.63, 3.8) is 0 Å². The standard InChI is InChI=1S/C3H3.2BrH.Mg/c1-3-2;;;/h1H3;2*1H;/q;;;+2/p-2. The average molecular weight is 223 g/mol. The van der Waals surface area contributed by atoms with Crippen LogP contribution in [0.3, 0.4) is 0 Å². The third kappa shape index (κ3) is 58.7. The SMILES string of the molecule is [Br][Mg][Br].[C]#CC. The molecule has 0 rings (SSSR count). The van der Waals surface area contributed by atoms with Crippen LogP contribution in [-0.4, -0.2) is 16.0 Å². The average Bonchev–Trinajstić information content (AvgIpc) is 1.39. The largest absolute Gasteiger partial charge is 0.560 e. The zero-order valence-corrected chi connectivity index (χ0v) is 8.05. The minimum atomic E-state index is 0.0417. The van der Waals surface area contributed by atoms with Gasteiger partial charge in [-0.25, -0.2) is 0 Å². The van der Waals surface area contributed by atoms with E-state index in [4.69, 9.17) is 6.42 Å². The van der Waals surface area contributed by atoms with Gasteiger partial charge in [0.2, 0.25) is 0 Å². The first kappa shape index (κ1) is 10.3. The van der Waals surface area contributed by atoms with Crippen molar-refractivity contribution >= 4 is 41.8 Å². The van der Waals surface area contributed by atoms with Crippen molar-refractivity contribution in [2.75, 3.05) is 0 Å². The fourth-order valence-corrected chi connectivity index (χ4v) is 0. The zero-order chi connectivity index (χ0) is 5.41. The van der Waals surface area contributed by atoms with Gasteiger partial charge in [0, 0.05) is 0 Å². The van der Waals surface area contributed by atoms with Crippen LogP contribution in [0.2, 0.25) is 0 Å². The van der Waals surface area contributed by atoms with E-state index in [1.54, 1.807) is 6.92 Å². The normalized spacial score (nSPS) is 3.00. The maximum Gasteiger partial charge on any atom is 0.560 e. The molecule has 0 aliphatic heterocycles. The first-order valence-electron chi connectivity index (χ1n) is 1.28. The van der Waals surface area contributed by atoms with Crippen molar-refractivity contribution in [1.29, 1.82) is 0 Å². The van der Waals surface area contributed by atoms with Crippen molar-refractivity contribution in [2.45, 2.75) is 6.92 Å². The summed E-state index contributed by atoms with van der Waals surface area (Å²) in [6.07, 6.45) is 5.96. The molecule has 0 nitrogen and oxygen atoms in total. The van der Waals surface area contributed by atoms with Crippen LogP contribution in [0.25, 0.3) is 0 Å². The molecule has 0 saturated heterocycles. The van der Waals surface area contributed by atoms with Gasteiger partial charge in [-0.2, -0.15) is 0 Å². The lowest BCUT2D eigenvalue weighted by molar-refractivity contribution is 1.92. The molecule has 0 spiro atoms. The molecule has 0 fully saturated rings. The first-order chi connectivity index (χ1) is 2.83. The Morgan fingerprint density at radius 1 is 1.67 bits per heavy atom. The van der Waals surface area contributed by atoms with Crippen molar-refractivity contribution in [3.05, 3.63) is 6.42 Å². The molecular weight excluding hydrogens is 220 g/mol.